The molecule has 2 aliphatic heterocycles. The summed E-state index contributed by atoms with van der Waals surface area (Å²) in [5.74, 6) is -2.27. The fourth-order valence-electron chi connectivity index (χ4n) is 2.57. The highest BCUT2D eigenvalue weighted by Gasteiger charge is 2.68. The second-order valence-electron chi connectivity index (χ2n) is 6.18. The van der Waals surface area contributed by atoms with Crippen LogP contribution in [0.5, 0.6) is 0 Å². The maximum absolute atomic E-state index is 13.7. The molecule has 9 heteroatoms. The summed E-state index contributed by atoms with van der Waals surface area (Å²) in [6.45, 7) is 3.72. The van der Waals surface area contributed by atoms with E-state index < -0.39 is 28.4 Å². The van der Waals surface area contributed by atoms with Gasteiger partial charge in [0.15, 0.2) is 5.17 Å². The first-order chi connectivity index (χ1) is 11.1. The SMILES string of the molecule is CC1(C)CN2C(=O)[C@](NC(=O)c3ccccc3)(C(F)(F)F)N=C2S1. The molecule has 1 aromatic rings. The molecule has 1 aromatic carbocycles. The molecule has 128 valence electrons. The molecule has 1 atom stereocenters. The highest BCUT2D eigenvalue weighted by molar-refractivity contribution is 8.15. The van der Waals surface area contributed by atoms with Crippen molar-refractivity contribution < 1.29 is 22.8 Å². The molecule has 0 saturated carbocycles. The number of rotatable bonds is 2. The van der Waals surface area contributed by atoms with Gasteiger partial charge in [-0.25, -0.2) is 4.99 Å². The summed E-state index contributed by atoms with van der Waals surface area (Å²) in [6, 6.07) is 7.41. The topological polar surface area (TPSA) is 61.8 Å². The Hall–Kier alpha value is -2.03. The van der Waals surface area contributed by atoms with Crippen molar-refractivity contribution in [2.75, 3.05) is 6.54 Å². The molecule has 0 unspecified atom stereocenters. The first-order valence-electron chi connectivity index (χ1n) is 7.11. The van der Waals surface area contributed by atoms with Crippen LogP contribution in [0.1, 0.15) is 24.2 Å². The number of amidine groups is 1. The minimum atomic E-state index is -5.05. The van der Waals surface area contributed by atoms with E-state index >= 15 is 0 Å². The third kappa shape index (κ3) is 2.56. The van der Waals surface area contributed by atoms with Gasteiger partial charge in [0.25, 0.3) is 11.8 Å². The van der Waals surface area contributed by atoms with Crippen LogP contribution in [-0.2, 0) is 4.79 Å². The van der Waals surface area contributed by atoms with E-state index in [1.807, 2.05) is 13.8 Å². The molecule has 3 rings (SSSR count). The second kappa shape index (κ2) is 5.23. The van der Waals surface area contributed by atoms with Crippen molar-refractivity contribution in [1.82, 2.24) is 10.2 Å². The summed E-state index contributed by atoms with van der Waals surface area (Å²) in [5, 5.41) is 1.78. The van der Waals surface area contributed by atoms with Crippen LogP contribution in [-0.4, -0.2) is 45.0 Å². The summed E-state index contributed by atoms with van der Waals surface area (Å²) in [4.78, 5) is 29.2. The number of amides is 2. The highest BCUT2D eigenvalue weighted by Crippen LogP contribution is 2.45. The Morgan fingerprint density at radius 1 is 1.29 bits per heavy atom. The number of alkyl halides is 3. The van der Waals surface area contributed by atoms with Crippen LogP contribution in [0.4, 0.5) is 13.2 Å². The normalized spacial score (nSPS) is 25.5. The number of hydrogen-bond acceptors (Lipinski definition) is 4. The first kappa shape index (κ1) is 16.8. The van der Waals surface area contributed by atoms with Gasteiger partial charge in [0.05, 0.1) is 0 Å². The Balaban J connectivity index is 1.98. The maximum atomic E-state index is 13.7. The summed E-state index contributed by atoms with van der Waals surface area (Å²) in [6.07, 6.45) is -5.05. The number of carbonyl (C=O) groups is 2. The molecule has 2 amide bonds. The molecule has 2 aliphatic rings. The van der Waals surface area contributed by atoms with E-state index in [4.69, 9.17) is 0 Å². The van der Waals surface area contributed by atoms with Crippen molar-refractivity contribution in [1.29, 1.82) is 0 Å². The maximum Gasteiger partial charge on any atom is 0.442 e. The lowest BCUT2D eigenvalue weighted by molar-refractivity contribution is -0.196. The summed E-state index contributed by atoms with van der Waals surface area (Å²) >= 11 is 1.09. The van der Waals surface area contributed by atoms with Crippen LogP contribution >= 0.6 is 11.8 Å². The standard InChI is InChI=1S/C15H14F3N3O2S/c1-13(2)8-21-11(23)14(15(16,17)18,20-12(21)24-13)19-10(22)9-6-4-3-5-7-9/h3-7H,8H2,1-2H3,(H,19,22)/t14-/m1/s1. The van der Waals surface area contributed by atoms with Gasteiger partial charge in [-0.1, -0.05) is 30.0 Å². The van der Waals surface area contributed by atoms with Crippen molar-refractivity contribution in [2.24, 2.45) is 4.99 Å². The monoisotopic (exact) mass is 357 g/mol. The minimum Gasteiger partial charge on any atom is -0.312 e. The van der Waals surface area contributed by atoms with Gasteiger partial charge < -0.3 is 5.32 Å². The zero-order valence-corrected chi connectivity index (χ0v) is 13.7. The Morgan fingerprint density at radius 3 is 2.46 bits per heavy atom. The molecule has 5 nitrogen and oxygen atoms in total. The lowest BCUT2D eigenvalue weighted by atomic mass is 10.1. The average molecular weight is 357 g/mol. The minimum absolute atomic E-state index is 0.0179. The van der Waals surface area contributed by atoms with Gasteiger partial charge in [-0.3, -0.25) is 14.5 Å². The molecule has 0 aliphatic carbocycles. The highest BCUT2D eigenvalue weighted by atomic mass is 32.2. The van der Waals surface area contributed by atoms with Gasteiger partial charge >= 0.3 is 11.8 Å². The second-order valence-corrected chi connectivity index (χ2v) is 7.85. The number of thioether (sulfide) groups is 1. The first-order valence-corrected chi connectivity index (χ1v) is 7.92. The molecule has 0 spiro atoms. The van der Waals surface area contributed by atoms with Gasteiger partial charge in [-0.15, -0.1) is 0 Å². The van der Waals surface area contributed by atoms with Crippen LogP contribution in [0.15, 0.2) is 35.3 Å². The van der Waals surface area contributed by atoms with Crippen LogP contribution in [0.3, 0.4) is 0 Å². The number of benzene rings is 1. The third-order valence-corrected chi connectivity index (χ3v) is 4.87. The van der Waals surface area contributed by atoms with E-state index in [-0.39, 0.29) is 17.3 Å². The molecule has 0 bridgehead atoms. The number of aliphatic imine (C=N–C) groups is 1. The number of nitrogens with one attached hydrogen (secondary N) is 1. The van der Waals surface area contributed by atoms with Gasteiger partial charge in [0.1, 0.15) is 0 Å². The number of halogens is 3. The molecule has 1 saturated heterocycles. The van der Waals surface area contributed by atoms with Crippen LogP contribution < -0.4 is 5.32 Å². The Morgan fingerprint density at radius 2 is 1.92 bits per heavy atom. The van der Waals surface area contributed by atoms with Crippen LogP contribution in [0, 0.1) is 0 Å². The summed E-state index contributed by atoms with van der Waals surface area (Å²) < 4.78 is 40.6. The largest absolute Gasteiger partial charge is 0.442 e. The van der Waals surface area contributed by atoms with Crippen LogP contribution in [0.25, 0.3) is 0 Å². The number of nitrogens with zero attached hydrogens (tertiary/aromatic N) is 2. The molecule has 24 heavy (non-hydrogen) atoms. The van der Waals surface area contributed by atoms with Gasteiger partial charge in [0, 0.05) is 16.9 Å². The molecular formula is C15H14F3N3O2S. The average Bonchev–Trinajstić information content (AvgIpc) is 2.91. The molecule has 1 N–H and O–H groups in total. The van der Waals surface area contributed by atoms with Gasteiger partial charge in [-0.2, -0.15) is 13.2 Å². The Kier molecular flexibility index (Phi) is 3.67. The zero-order valence-electron chi connectivity index (χ0n) is 12.8. The molecule has 0 aromatic heterocycles. The number of carbonyl (C=O) groups excluding carboxylic acids is 2. The number of fused-ring (bicyclic) bond motifs is 1. The number of hydrogen-bond donors (Lipinski definition) is 1. The lowest BCUT2D eigenvalue weighted by Gasteiger charge is -2.29. The molecule has 1 fully saturated rings. The van der Waals surface area contributed by atoms with E-state index in [1.54, 1.807) is 11.4 Å². The fraction of sp³-hybridized carbons (Fsp3) is 0.400. The predicted octanol–water partition coefficient (Wildman–Crippen LogP) is 2.40. The van der Waals surface area contributed by atoms with E-state index in [2.05, 4.69) is 4.99 Å². The molecule has 2 heterocycles. The smallest absolute Gasteiger partial charge is 0.312 e. The third-order valence-electron chi connectivity index (χ3n) is 3.70. The van der Waals surface area contributed by atoms with Crippen molar-refractivity contribution in [3.63, 3.8) is 0 Å². The summed E-state index contributed by atoms with van der Waals surface area (Å²) in [7, 11) is 0. The molecular weight excluding hydrogens is 343 g/mol. The predicted molar refractivity (Wildman–Crippen MR) is 83.5 cm³/mol. The molecule has 0 radical (unpaired) electrons. The van der Waals surface area contributed by atoms with E-state index in [9.17, 15) is 22.8 Å². The van der Waals surface area contributed by atoms with Crippen molar-refractivity contribution in [3.05, 3.63) is 35.9 Å². The Labute approximate surface area is 140 Å². The van der Waals surface area contributed by atoms with Crippen molar-refractivity contribution >= 4 is 28.7 Å². The quantitative estimate of drug-likeness (QED) is 0.884. The fourth-order valence-corrected chi connectivity index (χ4v) is 3.70. The van der Waals surface area contributed by atoms with E-state index in [1.165, 1.54) is 24.3 Å². The summed E-state index contributed by atoms with van der Waals surface area (Å²) in [5.41, 5.74) is -3.24. The van der Waals surface area contributed by atoms with E-state index in [0.717, 1.165) is 16.7 Å². The zero-order chi connectivity index (χ0) is 17.8. The van der Waals surface area contributed by atoms with Gasteiger partial charge in [-0.05, 0) is 26.0 Å². The van der Waals surface area contributed by atoms with Crippen molar-refractivity contribution in [2.45, 2.75) is 30.4 Å². The van der Waals surface area contributed by atoms with Gasteiger partial charge in [0.2, 0.25) is 0 Å². The van der Waals surface area contributed by atoms with Crippen LogP contribution in [0.2, 0.25) is 0 Å². The lowest BCUT2D eigenvalue weighted by Crippen LogP contribution is -2.63. The van der Waals surface area contributed by atoms with Crippen molar-refractivity contribution in [3.8, 4) is 0 Å². The Bertz CT molecular complexity index is 733. The van der Waals surface area contributed by atoms with E-state index in [0.29, 0.717) is 0 Å².